The number of hydrogen-bond donors (Lipinski definition) is 0. The minimum Gasteiger partial charge on any atom is -0.298 e. The fraction of sp³-hybridized carbons (Fsp3) is 0.111. The summed E-state index contributed by atoms with van der Waals surface area (Å²) >= 11 is 3.21. The van der Waals surface area contributed by atoms with Gasteiger partial charge < -0.3 is 0 Å². The van der Waals surface area contributed by atoms with E-state index in [1.807, 2.05) is 6.92 Å². The van der Waals surface area contributed by atoms with Crippen LogP contribution in [0.3, 0.4) is 0 Å². The van der Waals surface area contributed by atoms with Crippen LogP contribution in [-0.4, -0.2) is 12.6 Å². The predicted octanol–water partition coefficient (Wildman–Crippen LogP) is 2.38. The molecule has 0 spiro atoms. The number of carbonyl (C=O) groups is 2. The van der Waals surface area contributed by atoms with E-state index >= 15 is 0 Å². The Labute approximate surface area is 78.7 Å². The maximum absolute atomic E-state index is 10.5. The molecule has 0 bridgehead atoms. The summed E-state index contributed by atoms with van der Waals surface area (Å²) in [7, 11) is 0. The van der Waals surface area contributed by atoms with Crippen LogP contribution in [0.5, 0.6) is 0 Å². The molecule has 0 saturated heterocycles. The zero-order valence-corrected chi connectivity index (χ0v) is 8.09. The average molecular weight is 227 g/mol. The molecular weight excluding hydrogens is 220 g/mol. The van der Waals surface area contributed by atoms with Crippen LogP contribution in [0, 0.1) is 6.92 Å². The minimum absolute atomic E-state index is 0.413. The van der Waals surface area contributed by atoms with Crippen LogP contribution in [-0.2, 0) is 0 Å². The van der Waals surface area contributed by atoms with Crippen LogP contribution >= 0.6 is 15.9 Å². The fourth-order valence-electron chi connectivity index (χ4n) is 1.00. The molecule has 0 fully saturated rings. The first-order valence-corrected chi connectivity index (χ1v) is 4.19. The third kappa shape index (κ3) is 1.61. The fourth-order valence-corrected chi connectivity index (χ4v) is 1.69. The second kappa shape index (κ2) is 3.63. The van der Waals surface area contributed by atoms with Crippen LogP contribution in [0.15, 0.2) is 16.6 Å². The van der Waals surface area contributed by atoms with Gasteiger partial charge in [0.1, 0.15) is 0 Å². The van der Waals surface area contributed by atoms with Crippen molar-refractivity contribution in [2.75, 3.05) is 0 Å². The van der Waals surface area contributed by atoms with Gasteiger partial charge in [-0.15, -0.1) is 0 Å². The molecule has 1 aromatic rings. The quantitative estimate of drug-likeness (QED) is 0.727. The summed E-state index contributed by atoms with van der Waals surface area (Å²) in [6, 6.07) is 3.48. The smallest absolute Gasteiger partial charge is 0.151 e. The van der Waals surface area contributed by atoms with Gasteiger partial charge in [-0.1, -0.05) is 15.9 Å². The summed E-state index contributed by atoms with van der Waals surface area (Å²) in [5.41, 5.74) is 1.79. The highest BCUT2D eigenvalue weighted by Gasteiger charge is 2.05. The second-order valence-corrected chi connectivity index (χ2v) is 3.34. The predicted molar refractivity (Wildman–Crippen MR) is 49.7 cm³/mol. The molecule has 0 unspecified atom stereocenters. The molecule has 0 aliphatic carbocycles. The molecule has 2 nitrogen and oxygen atoms in total. The normalized spacial score (nSPS) is 9.50. The molecule has 62 valence electrons. The zero-order chi connectivity index (χ0) is 9.14. The van der Waals surface area contributed by atoms with Gasteiger partial charge in [0.2, 0.25) is 0 Å². The van der Waals surface area contributed by atoms with Gasteiger partial charge in [-0.05, 0) is 24.6 Å². The van der Waals surface area contributed by atoms with Crippen molar-refractivity contribution in [2.24, 2.45) is 0 Å². The van der Waals surface area contributed by atoms with Crippen LogP contribution < -0.4 is 0 Å². The third-order valence-corrected chi connectivity index (χ3v) is 2.21. The van der Waals surface area contributed by atoms with E-state index in [4.69, 9.17) is 0 Å². The van der Waals surface area contributed by atoms with Crippen molar-refractivity contribution in [1.82, 2.24) is 0 Å². The van der Waals surface area contributed by atoms with E-state index in [0.717, 1.165) is 5.56 Å². The second-order valence-electron chi connectivity index (χ2n) is 2.49. The van der Waals surface area contributed by atoms with Gasteiger partial charge in [0.15, 0.2) is 12.6 Å². The first kappa shape index (κ1) is 9.13. The van der Waals surface area contributed by atoms with E-state index < -0.39 is 0 Å². The molecule has 3 heteroatoms. The number of halogens is 1. The largest absolute Gasteiger partial charge is 0.298 e. The summed E-state index contributed by atoms with van der Waals surface area (Å²) < 4.78 is 0.666. The first-order valence-electron chi connectivity index (χ1n) is 3.39. The standard InChI is InChI=1S/C9H7BrO2/c1-6-2-7(4-11)8(5-12)9(10)3-6/h2-5H,1H3. The Morgan fingerprint density at radius 3 is 2.42 bits per heavy atom. The van der Waals surface area contributed by atoms with Gasteiger partial charge in [0, 0.05) is 15.6 Å². The Bertz CT molecular complexity index is 332. The van der Waals surface area contributed by atoms with Gasteiger partial charge in [-0.25, -0.2) is 0 Å². The van der Waals surface area contributed by atoms with E-state index in [0.29, 0.717) is 28.2 Å². The number of carbonyl (C=O) groups excluding carboxylic acids is 2. The van der Waals surface area contributed by atoms with Crippen LogP contribution in [0.4, 0.5) is 0 Å². The van der Waals surface area contributed by atoms with Gasteiger partial charge in [-0.2, -0.15) is 0 Å². The SMILES string of the molecule is Cc1cc(Br)c(C=O)c(C=O)c1. The number of aryl methyl sites for hydroxylation is 1. The van der Waals surface area contributed by atoms with E-state index in [1.54, 1.807) is 12.1 Å². The highest BCUT2D eigenvalue weighted by atomic mass is 79.9. The lowest BCUT2D eigenvalue weighted by molar-refractivity contribution is 0.109. The highest BCUT2D eigenvalue weighted by molar-refractivity contribution is 9.10. The molecule has 0 heterocycles. The summed E-state index contributed by atoms with van der Waals surface area (Å²) in [5, 5.41) is 0. The molecule has 12 heavy (non-hydrogen) atoms. The molecule has 0 amide bonds. The summed E-state index contributed by atoms with van der Waals surface area (Å²) in [4.78, 5) is 21.0. The van der Waals surface area contributed by atoms with Crippen LogP contribution in [0.25, 0.3) is 0 Å². The molecule has 1 rings (SSSR count). The van der Waals surface area contributed by atoms with Crippen molar-refractivity contribution < 1.29 is 9.59 Å². The molecule has 0 aliphatic rings. The highest BCUT2D eigenvalue weighted by Crippen LogP contribution is 2.19. The molecule has 0 aliphatic heterocycles. The van der Waals surface area contributed by atoms with Crippen molar-refractivity contribution in [2.45, 2.75) is 6.92 Å². The first-order chi connectivity index (χ1) is 5.69. The van der Waals surface area contributed by atoms with Crippen molar-refractivity contribution in [3.05, 3.63) is 33.3 Å². The number of benzene rings is 1. The maximum atomic E-state index is 10.5. The molecule has 0 aromatic heterocycles. The van der Waals surface area contributed by atoms with Crippen molar-refractivity contribution in [3.63, 3.8) is 0 Å². The Kier molecular flexibility index (Phi) is 2.76. The van der Waals surface area contributed by atoms with Crippen molar-refractivity contribution >= 4 is 28.5 Å². The maximum Gasteiger partial charge on any atom is 0.151 e. The van der Waals surface area contributed by atoms with Gasteiger partial charge in [-0.3, -0.25) is 9.59 Å². The third-order valence-electron chi connectivity index (χ3n) is 1.55. The monoisotopic (exact) mass is 226 g/mol. The van der Waals surface area contributed by atoms with Crippen molar-refractivity contribution in [1.29, 1.82) is 0 Å². The summed E-state index contributed by atoms with van der Waals surface area (Å²) in [5.74, 6) is 0. The van der Waals surface area contributed by atoms with Crippen LogP contribution in [0.1, 0.15) is 26.3 Å². The topological polar surface area (TPSA) is 34.1 Å². The Hall–Kier alpha value is -0.960. The van der Waals surface area contributed by atoms with E-state index in [1.165, 1.54) is 0 Å². The average Bonchev–Trinajstić information content (AvgIpc) is 2.03. The zero-order valence-electron chi connectivity index (χ0n) is 6.50. The minimum atomic E-state index is 0.413. The summed E-state index contributed by atoms with van der Waals surface area (Å²) in [6.07, 6.45) is 1.36. The molecule has 0 N–H and O–H groups in total. The number of aldehydes is 2. The molecule has 0 radical (unpaired) electrons. The lowest BCUT2D eigenvalue weighted by Gasteiger charge is -2.01. The Balaban J connectivity index is 3.43. The lowest BCUT2D eigenvalue weighted by atomic mass is 10.1. The molecule has 0 atom stereocenters. The van der Waals surface area contributed by atoms with Crippen molar-refractivity contribution in [3.8, 4) is 0 Å². The van der Waals surface area contributed by atoms with E-state index in [9.17, 15) is 9.59 Å². The molecule has 1 aromatic carbocycles. The van der Waals surface area contributed by atoms with Crippen LogP contribution in [0.2, 0.25) is 0 Å². The Morgan fingerprint density at radius 2 is 1.92 bits per heavy atom. The van der Waals surface area contributed by atoms with E-state index in [2.05, 4.69) is 15.9 Å². The molecule has 0 saturated carbocycles. The lowest BCUT2D eigenvalue weighted by Crippen LogP contribution is -1.93. The van der Waals surface area contributed by atoms with E-state index in [-0.39, 0.29) is 0 Å². The van der Waals surface area contributed by atoms with Gasteiger partial charge in [0.05, 0.1) is 0 Å². The van der Waals surface area contributed by atoms with Gasteiger partial charge >= 0.3 is 0 Å². The summed E-state index contributed by atoms with van der Waals surface area (Å²) in [6.45, 7) is 1.87. The Morgan fingerprint density at radius 1 is 1.25 bits per heavy atom. The number of rotatable bonds is 2. The molecular formula is C9H7BrO2. The number of hydrogen-bond acceptors (Lipinski definition) is 2. The van der Waals surface area contributed by atoms with Gasteiger partial charge in [0.25, 0.3) is 0 Å².